The highest BCUT2D eigenvalue weighted by molar-refractivity contribution is 9.08. The normalized spacial score (nSPS) is 20.4. The quantitative estimate of drug-likeness (QED) is 0.384. The second-order valence-corrected chi connectivity index (χ2v) is 3.88. The first-order valence-electron chi connectivity index (χ1n) is 4.49. The molecular formula is C8H9BrN2O5. The van der Waals surface area contributed by atoms with Crippen LogP contribution in [0.1, 0.15) is 25.7 Å². The second kappa shape index (κ2) is 5.17. The molecule has 0 aromatic carbocycles. The van der Waals surface area contributed by atoms with E-state index in [9.17, 15) is 19.2 Å². The number of carbonyl (C=O) groups excluding carboxylic acids is 4. The summed E-state index contributed by atoms with van der Waals surface area (Å²) in [5.74, 6) is -1.30. The number of carbonyl (C=O) groups is 4. The number of nitrogens with zero attached hydrogens (tertiary/aromatic N) is 2. The van der Waals surface area contributed by atoms with Crippen molar-refractivity contribution in [3.63, 3.8) is 0 Å². The van der Waals surface area contributed by atoms with Crippen molar-refractivity contribution in [1.82, 2.24) is 8.99 Å². The van der Waals surface area contributed by atoms with Crippen LogP contribution in [0.15, 0.2) is 0 Å². The number of halogens is 1. The first-order valence-corrected chi connectivity index (χ1v) is 5.20. The van der Waals surface area contributed by atoms with Crippen LogP contribution >= 0.6 is 16.1 Å². The molecule has 0 bridgehead atoms. The van der Waals surface area contributed by atoms with Crippen molar-refractivity contribution in [1.29, 1.82) is 0 Å². The van der Waals surface area contributed by atoms with E-state index in [0.29, 0.717) is 12.8 Å². The van der Waals surface area contributed by atoms with Crippen LogP contribution in [0.5, 0.6) is 0 Å². The van der Waals surface area contributed by atoms with Gasteiger partial charge in [-0.3, -0.25) is 24.4 Å². The molecule has 8 heteroatoms. The monoisotopic (exact) mass is 292 g/mol. The van der Waals surface area contributed by atoms with Crippen molar-refractivity contribution in [3.8, 4) is 0 Å². The summed E-state index contributed by atoms with van der Waals surface area (Å²) in [7, 11) is 0. The number of imide groups is 2. The van der Waals surface area contributed by atoms with Gasteiger partial charge in [0.25, 0.3) is 11.8 Å². The van der Waals surface area contributed by atoms with Gasteiger partial charge in [-0.05, 0) is 0 Å². The van der Waals surface area contributed by atoms with Crippen molar-refractivity contribution in [3.05, 3.63) is 0 Å². The molecule has 7 nitrogen and oxygen atoms in total. The average Bonchev–Trinajstić information content (AvgIpc) is 2.70. The summed E-state index contributed by atoms with van der Waals surface area (Å²) in [5.41, 5.74) is 0. The number of amides is 4. The summed E-state index contributed by atoms with van der Waals surface area (Å²) < 4.78 is 0.979. The van der Waals surface area contributed by atoms with E-state index < -0.39 is 11.8 Å². The van der Waals surface area contributed by atoms with Crippen LogP contribution in [0.3, 0.4) is 0 Å². The van der Waals surface area contributed by atoms with Crippen molar-refractivity contribution < 1.29 is 24.4 Å². The zero-order chi connectivity index (χ0) is 12.3. The predicted molar refractivity (Wildman–Crippen MR) is 52.9 cm³/mol. The van der Waals surface area contributed by atoms with Crippen molar-refractivity contribution in [2.75, 3.05) is 0 Å². The van der Waals surface area contributed by atoms with Gasteiger partial charge in [0.1, 0.15) is 0 Å². The zero-order valence-corrected chi connectivity index (χ0v) is 9.77. The smallest absolute Gasteiger partial charge is 0.253 e. The number of hydrogen-bond donors (Lipinski definition) is 1. The lowest BCUT2D eigenvalue weighted by Crippen LogP contribution is -2.24. The van der Waals surface area contributed by atoms with E-state index in [1.165, 1.54) is 0 Å². The van der Waals surface area contributed by atoms with Gasteiger partial charge in [-0.1, -0.05) is 0 Å². The van der Waals surface area contributed by atoms with Crippen molar-refractivity contribution >= 4 is 39.8 Å². The molecule has 0 aromatic heterocycles. The third-order valence-electron chi connectivity index (χ3n) is 2.02. The highest BCUT2D eigenvalue weighted by Gasteiger charge is 2.27. The van der Waals surface area contributed by atoms with Gasteiger partial charge in [0.05, 0.1) is 16.1 Å². The molecule has 2 rings (SSSR count). The Bertz CT molecular complexity index is 290. The molecule has 0 spiro atoms. The molecule has 2 heterocycles. The second-order valence-electron chi connectivity index (χ2n) is 3.17. The van der Waals surface area contributed by atoms with E-state index in [2.05, 4.69) is 16.1 Å². The summed E-state index contributed by atoms with van der Waals surface area (Å²) >= 11 is 2.80. The first-order chi connectivity index (χ1) is 7.43. The molecule has 0 unspecified atom stereocenters. The molecule has 0 aromatic rings. The minimum Gasteiger partial charge on any atom is -0.279 e. The molecule has 2 saturated heterocycles. The maximum atomic E-state index is 10.4. The van der Waals surface area contributed by atoms with Crippen LogP contribution in [-0.2, 0) is 19.2 Å². The van der Waals surface area contributed by atoms with Gasteiger partial charge >= 0.3 is 0 Å². The SMILES string of the molecule is O=C1CCC(=O)N1Br.O=C1CCC(=O)N1O. The van der Waals surface area contributed by atoms with Crippen molar-refractivity contribution in [2.24, 2.45) is 0 Å². The minimum atomic E-state index is -0.505. The Morgan fingerprint density at radius 3 is 1.25 bits per heavy atom. The molecule has 0 radical (unpaired) electrons. The van der Waals surface area contributed by atoms with Crippen LogP contribution in [-0.4, -0.2) is 37.8 Å². The number of hydroxylamine groups is 2. The molecule has 88 valence electrons. The third kappa shape index (κ3) is 2.86. The van der Waals surface area contributed by atoms with Gasteiger partial charge in [0.15, 0.2) is 0 Å². The Morgan fingerprint density at radius 1 is 0.812 bits per heavy atom. The number of hydrogen-bond acceptors (Lipinski definition) is 5. The lowest BCUT2D eigenvalue weighted by molar-refractivity contribution is -0.171. The van der Waals surface area contributed by atoms with E-state index in [-0.39, 0.29) is 29.7 Å². The van der Waals surface area contributed by atoms with E-state index in [1.807, 2.05) is 0 Å². The van der Waals surface area contributed by atoms with Crippen LogP contribution in [0.4, 0.5) is 0 Å². The molecule has 16 heavy (non-hydrogen) atoms. The molecule has 4 amide bonds. The molecule has 0 saturated carbocycles. The summed E-state index contributed by atoms with van der Waals surface area (Å²) in [6.45, 7) is 0. The summed E-state index contributed by atoms with van der Waals surface area (Å²) in [5, 5.41) is 8.57. The highest BCUT2D eigenvalue weighted by Crippen LogP contribution is 2.14. The Hall–Kier alpha value is -1.28. The minimum absolute atomic E-state index is 0.144. The lowest BCUT2D eigenvalue weighted by Gasteiger charge is -1.98. The van der Waals surface area contributed by atoms with Gasteiger partial charge in [-0.25, -0.2) is 3.93 Å². The van der Waals surface area contributed by atoms with Crippen LogP contribution < -0.4 is 0 Å². The Labute approximate surface area is 99.3 Å². The van der Waals surface area contributed by atoms with Gasteiger partial charge in [0, 0.05) is 25.7 Å². The lowest BCUT2D eigenvalue weighted by atomic mass is 10.4. The first kappa shape index (κ1) is 12.8. The Kier molecular flexibility index (Phi) is 4.13. The molecule has 2 aliphatic rings. The zero-order valence-electron chi connectivity index (χ0n) is 8.18. The topological polar surface area (TPSA) is 95.0 Å². The van der Waals surface area contributed by atoms with E-state index in [4.69, 9.17) is 5.21 Å². The largest absolute Gasteiger partial charge is 0.279 e. The van der Waals surface area contributed by atoms with Gasteiger partial charge < -0.3 is 0 Å². The molecule has 0 aliphatic carbocycles. The predicted octanol–water partition coefficient (Wildman–Crippen LogP) is -0.0301. The summed E-state index contributed by atoms with van der Waals surface area (Å²) in [6, 6.07) is 0. The summed E-state index contributed by atoms with van der Waals surface area (Å²) in [6.07, 6.45) is 0.999. The molecule has 2 aliphatic heterocycles. The summed E-state index contributed by atoms with van der Waals surface area (Å²) in [4.78, 5) is 41.4. The third-order valence-corrected chi connectivity index (χ3v) is 2.81. The number of rotatable bonds is 0. The van der Waals surface area contributed by atoms with E-state index in [1.54, 1.807) is 0 Å². The highest BCUT2D eigenvalue weighted by atomic mass is 79.9. The Morgan fingerprint density at radius 2 is 1.12 bits per heavy atom. The van der Waals surface area contributed by atoms with E-state index >= 15 is 0 Å². The fourth-order valence-corrected chi connectivity index (χ4v) is 1.47. The average molecular weight is 293 g/mol. The van der Waals surface area contributed by atoms with Crippen LogP contribution in [0.2, 0.25) is 0 Å². The van der Waals surface area contributed by atoms with Gasteiger partial charge in [-0.15, -0.1) is 0 Å². The maximum absolute atomic E-state index is 10.4. The standard InChI is InChI=1S/C4H4BrNO2.C4H5NO3/c5-6-3(7)1-2-4(6)8;6-3-1-2-4(7)5(3)8/h1-2H2;8H,1-2H2. The van der Waals surface area contributed by atoms with Crippen LogP contribution in [0.25, 0.3) is 0 Å². The van der Waals surface area contributed by atoms with Crippen LogP contribution in [0, 0.1) is 0 Å². The molecule has 1 N–H and O–H groups in total. The van der Waals surface area contributed by atoms with Crippen molar-refractivity contribution in [2.45, 2.75) is 25.7 Å². The Balaban J connectivity index is 0.000000160. The van der Waals surface area contributed by atoms with Gasteiger partial charge in [-0.2, -0.15) is 5.06 Å². The van der Waals surface area contributed by atoms with Gasteiger partial charge in [0.2, 0.25) is 11.8 Å². The molecule has 0 atom stereocenters. The molecule has 2 fully saturated rings. The maximum Gasteiger partial charge on any atom is 0.253 e. The fraction of sp³-hybridized carbons (Fsp3) is 0.500. The van der Waals surface area contributed by atoms with E-state index in [0.717, 1.165) is 3.93 Å². The fourth-order valence-electron chi connectivity index (χ4n) is 1.11. The molecular weight excluding hydrogens is 284 g/mol.